The van der Waals surface area contributed by atoms with Gasteiger partial charge < -0.3 is 40.7 Å². The summed E-state index contributed by atoms with van der Waals surface area (Å²) in [7, 11) is 0. The van der Waals surface area contributed by atoms with Gasteiger partial charge in [-0.25, -0.2) is 24.3 Å². The highest BCUT2D eigenvalue weighted by Gasteiger charge is 2.41. The number of benzene rings is 4. The van der Waals surface area contributed by atoms with Crippen LogP contribution in [0, 0.1) is 25.1 Å². The number of hydrogen-bond acceptors (Lipinski definition) is 14. The molecule has 9 rings (SSSR count). The maximum absolute atomic E-state index is 13.6. The first kappa shape index (κ1) is 45.0. The van der Waals surface area contributed by atoms with E-state index in [1.165, 1.54) is 36.9 Å². The third-order valence-electron chi connectivity index (χ3n) is 13.0. The lowest BCUT2D eigenvalue weighted by atomic mass is 9.78. The molecule has 0 unspecified atom stereocenters. The lowest BCUT2D eigenvalue weighted by Gasteiger charge is -2.39. The second kappa shape index (κ2) is 20.2. The molecule has 3 aliphatic heterocycles. The van der Waals surface area contributed by atoms with Crippen LogP contribution in [0.5, 0.6) is 5.75 Å². The Balaban J connectivity index is 0.734. The summed E-state index contributed by atoms with van der Waals surface area (Å²) < 4.78 is 19.6. The number of anilines is 9. The molecule has 0 atom stereocenters. The van der Waals surface area contributed by atoms with E-state index in [1.54, 1.807) is 12.1 Å². The number of piperidine rings is 2. The normalized spacial score (nSPS) is 15.9. The fourth-order valence-electron chi connectivity index (χ4n) is 9.01. The summed E-state index contributed by atoms with van der Waals surface area (Å²) >= 11 is 5.92. The summed E-state index contributed by atoms with van der Waals surface area (Å²) in [6.45, 7) is 9.03. The van der Waals surface area contributed by atoms with Crippen LogP contribution in [-0.4, -0.2) is 87.1 Å². The summed E-state index contributed by atoms with van der Waals surface area (Å²) in [4.78, 5) is 60.2. The maximum atomic E-state index is 13.6. The van der Waals surface area contributed by atoms with Gasteiger partial charge in [0.2, 0.25) is 35.6 Å². The summed E-state index contributed by atoms with van der Waals surface area (Å²) in [6, 6.07) is 26.1. The van der Waals surface area contributed by atoms with Gasteiger partial charge in [0.25, 0.3) is 0 Å². The van der Waals surface area contributed by atoms with Crippen molar-refractivity contribution in [2.45, 2.75) is 64.9 Å². The number of para-hydroxylation sites is 1. The number of nitrogens with one attached hydrogen (secondary N) is 4. The van der Waals surface area contributed by atoms with Crippen molar-refractivity contribution >= 4 is 75.6 Å². The minimum atomic E-state index is -0.483. The fourth-order valence-corrected chi connectivity index (χ4v) is 9.18. The molecule has 3 fully saturated rings. The maximum Gasteiger partial charge on any atom is 0.232 e. The Labute approximate surface area is 393 Å². The van der Waals surface area contributed by atoms with Crippen LogP contribution in [0.4, 0.5) is 56.6 Å². The zero-order valence-electron chi connectivity index (χ0n) is 37.5. The van der Waals surface area contributed by atoms with Crippen LogP contribution >= 0.6 is 11.6 Å². The predicted molar refractivity (Wildman–Crippen MR) is 259 cm³/mol. The highest BCUT2D eigenvalue weighted by atomic mass is 35.5. The topological polar surface area (TPSA) is 179 Å². The number of halogens is 2. The number of hydrogen-bond donors (Lipinski definition) is 4. The van der Waals surface area contributed by atoms with Gasteiger partial charge in [0.1, 0.15) is 30.3 Å². The summed E-state index contributed by atoms with van der Waals surface area (Å²) in [5.41, 5.74) is 5.85. The third kappa shape index (κ3) is 10.9. The van der Waals surface area contributed by atoms with Crippen molar-refractivity contribution < 1.29 is 18.7 Å². The van der Waals surface area contributed by atoms with E-state index in [2.05, 4.69) is 91.2 Å². The smallest absolute Gasteiger partial charge is 0.232 e. The standard InChI is InChI=1S/C49H53ClFN13O3/c1-32-39(10-6-12-41(32)58-45-52-30-54-47(60-45)62-23-18-35(19-24-62)67-36-14-15-38(51)37(50)28-36)56-43(65)16-17-44(66)57-40-11-7-13-42(33(40)2)59-46-53-31-55-48(61-46)63-25-20-49(21-26-63)22-27-64(29-49)34-8-4-3-5-9-34/h3-15,28,30-31,35H,16-27,29H2,1-2H3,(H,56,65)(H,57,66)(H,52,54,58,60)(H,53,55,59,61). The van der Waals surface area contributed by atoms with Crippen molar-refractivity contribution in [3.8, 4) is 5.75 Å². The molecule has 2 amide bonds. The molecule has 2 aromatic heterocycles. The van der Waals surface area contributed by atoms with Crippen LogP contribution in [0.25, 0.3) is 0 Å². The molecule has 0 aliphatic carbocycles. The Morgan fingerprint density at radius 2 is 1.19 bits per heavy atom. The van der Waals surface area contributed by atoms with Crippen molar-refractivity contribution in [1.29, 1.82) is 0 Å². The van der Waals surface area contributed by atoms with Gasteiger partial charge in [-0.2, -0.15) is 9.97 Å². The van der Waals surface area contributed by atoms with E-state index in [0.29, 0.717) is 65.1 Å². The van der Waals surface area contributed by atoms with Crippen LogP contribution < -0.4 is 40.7 Å². The number of nitrogens with zero attached hydrogens (tertiary/aromatic N) is 9. The third-order valence-corrected chi connectivity index (χ3v) is 13.3. The minimum Gasteiger partial charge on any atom is -0.490 e. The van der Waals surface area contributed by atoms with E-state index in [-0.39, 0.29) is 35.8 Å². The number of carbonyl (C=O) groups excluding carboxylic acids is 2. The van der Waals surface area contributed by atoms with Crippen LogP contribution in [0.2, 0.25) is 5.02 Å². The van der Waals surface area contributed by atoms with Crippen LogP contribution in [0.3, 0.4) is 0 Å². The SMILES string of the molecule is Cc1c(NC(=O)CCC(=O)Nc2cccc(Nc3ncnc(N4CCC5(CCN(c6ccccc6)C5)CC4)n3)c2C)cccc1Nc1ncnc(N2CCC(Oc3ccc(F)c(Cl)c3)CC2)n1. The average Bonchev–Trinajstić information content (AvgIpc) is 3.76. The van der Waals surface area contributed by atoms with Crippen molar-refractivity contribution in [1.82, 2.24) is 29.9 Å². The highest BCUT2D eigenvalue weighted by molar-refractivity contribution is 6.30. The molecule has 18 heteroatoms. The Morgan fingerprint density at radius 1 is 0.672 bits per heavy atom. The van der Waals surface area contributed by atoms with Gasteiger partial charge in [-0.15, -0.1) is 0 Å². The minimum absolute atomic E-state index is 0.0181. The molecule has 346 valence electrons. The Bertz CT molecular complexity index is 2720. The van der Waals surface area contributed by atoms with Gasteiger partial charge in [0.05, 0.1) is 5.02 Å². The van der Waals surface area contributed by atoms with Gasteiger partial charge in [-0.3, -0.25) is 9.59 Å². The number of rotatable bonds is 14. The lowest BCUT2D eigenvalue weighted by molar-refractivity contribution is -0.121. The first-order chi connectivity index (χ1) is 32.6. The molecule has 16 nitrogen and oxygen atoms in total. The molecule has 1 spiro atoms. The van der Waals surface area contributed by atoms with Gasteiger partial charge in [-0.05, 0) is 98.2 Å². The molecular weight excluding hydrogens is 873 g/mol. The molecule has 3 aliphatic rings. The fraction of sp³-hybridized carbons (Fsp3) is 0.347. The van der Waals surface area contributed by atoms with Gasteiger partial charge in [-0.1, -0.05) is 41.9 Å². The van der Waals surface area contributed by atoms with Crippen LogP contribution in [-0.2, 0) is 9.59 Å². The van der Waals surface area contributed by atoms with Crippen molar-refractivity contribution in [2.24, 2.45) is 5.41 Å². The van der Waals surface area contributed by atoms with Gasteiger partial charge in [0.15, 0.2) is 0 Å². The second-order valence-corrected chi connectivity index (χ2v) is 17.8. The van der Waals surface area contributed by atoms with Gasteiger partial charge in [0, 0.05) is 99.5 Å². The first-order valence-corrected chi connectivity index (χ1v) is 23.1. The quantitative estimate of drug-likeness (QED) is 0.0814. The summed E-state index contributed by atoms with van der Waals surface area (Å²) in [5.74, 6) is 1.41. The highest BCUT2D eigenvalue weighted by Crippen LogP contribution is 2.42. The number of aromatic nitrogens is 6. The molecule has 6 aromatic rings. The van der Waals surface area contributed by atoms with Gasteiger partial charge >= 0.3 is 0 Å². The Morgan fingerprint density at radius 3 is 1.75 bits per heavy atom. The molecule has 0 bridgehead atoms. The van der Waals surface area contributed by atoms with Crippen molar-refractivity contribution in [3.63, 3.8) is 0 Å². The monoisotopic (exact) mass is 925 g/mol. The van der Waals surface area contributed by atoms with Crippen LogP contribution in [0.1, 0.15) is 56.1 Å². The first-order valence-electron chi connectivity index (χ1n) is 22.7. The largest absolute Gasteiger partial charge is 0.490 e. The Kier molecular flexibility index (Phi) is 13.6. The molecule has 0 saturated carbocycles. The van der Waals surface area contributed by atoms with E-state index < -0.39 is 5.82 Å². The summed E-state index contributed by atoms with van der Waals surface area (Å²) in [6.07, 6.45) is 7.70. The van der Waals surface area contributed by atoms with E-state index in [9.17, 15) is 14.0 Å². The Hall–Kier alpha value is -7.14. The van der Waals surface area contributed by atoms with E-state index >= 15 is 0 Å². The zero-order chi connectivity index (χ0) is 46.3. The van der Waals surface area contributed by atoms with E-state index in [4.69, 9.17) is 21.3 Å². The molecule has 4 N–H and O–H groups in total. The molecule has 3 saturated heterocycles. The van der Waals surface area contributed by atoms with Crippen LogP contribution in [0.15, 0.2) is 97.6 Å². The number of carbonyl (C=O) groups is 2. The number of amides is 2. The number of ether oxygens (including phenoxy) is 1. The molecule has 67 heavy (non-hydrogen) atoms. The lowest BCUT2D eigenvalue weighted by Crippen LogP contribution is -2.42. The zero-order valence-corrected chi connectivity index (χ0v) is 38.3. The predicted octanol–water partition coefficient (Wildman–Crippen LogP) is 8.86. The average molecular weight is 927 g/mol. The van der Waals surface area contributed by atoms with E-state index in [0.717, 1.165) is 68.7 Å². The summed E-state index contributed by atoms with van der Waals surface area (Å²) in [5, 5.41) is 12.5. The molecule has 0 radical (unpaired) electrons. The second-order valence-electron chi connectivity index (χ2n) is 17.4. The van der Waals surface area contributed by atoms with E-state index in [1.807, 2.05) is 44.2 Å². The van der Waals surface area contributed by atoms with Crippen molar-refractivity contribution in [3.05, 3.63) is 120 Å². The van der Waals surface area contributed by atoms with Crippen molar-refractivity contribution in [2.75, 3.05) is 75.2 Å². The molecular formula is C49H53ClFN13O3. The molecule has 5 heterocycles. The molecule has 4 aromatic carbocycles.